The summed E-state index contributed by atoms with van der Waals surface area (Å²) in [6.45, 7) is 5.46. The zero-order valence-electron chi connectivity index (χ0n) is 17.9. The summed E-state index contributed by atoms with van der Waals surface area (Å²) < 4.78 is 20.0. The molecular weight excluding hydrogens is 427 g/mol. The molecule has 6 nitrogen and oxygen atoms in total. The van der Waals surface area contributed by atoms with Crippen LogP contribution in [-0.2, 0) is 16.1 Å². The molecule has 3 heterocycles. The van der Waals surface area contributed by atoms with Crippen LogP contribution in [0.15, 0.2) is 42.5 Å². The minimum Gasteiger partial charge on any atom is -0.378 e. The molecule has 168 valence electrons. The van der Waals surface area contributed by atoms with Crippen molar-refractivity contribution in [1.82, 2.24) is 9.88 Å². The van der Waals surface area contributed by atoms with Gasteiger partial charge in [-0.05, 0) is 55.3 Å². The third-order valence-electron chi connectivity index (χ3n) is 6.10. The highest BCUT2D eigenvalue weighted by molar-refractivity contribution is 7.22. The van der Waals surface area contributed by atoms with Gasteiger partial charge in [-0.25, -0.2) is 9.37 Å². The first kappa shape index (κ1) is 21.3. The molecule has 5 rings (SSSR count). The predicted octanol–water partition coefficient (Wildman–Crippen LogP) is 4.12. The molecule has 0 aliphatic carbocycles. The van der Waals surface area contributed by atoms with Crippen molar-refractivity contribution in [2.24, 2.45) is 5.92 Å². The Kier molecular flexibility index (Phi) is 6.34. The molecule has 0 bridgehead atoms. The SMILES string of the molecule is O=C(Nc1ccc2nc(N3CCOCC3)sc2c1)C1CCCN(Cc2cccc(F)c2)C1. The van der Waals surface area contributed by atoms with E-state index in [1.165, 1.54) is 6.07 Å². The number of nitrogens with one attached hydrogen (secondary N) is 1. The van der Waals surface area contributed by atoms with E-state index in [-0.39, 0.29) is 17.6 Å². The van der Waals surface area contributed by atoms with Crippen molar-refractivity contribution in [3.63, 3.8) is 0 Å². The van der Waals surface area contributed by atoms with E-state index in [0.717, 1.165) is 72.3 Å². The summed E-state index contributed by atoms with van der Waals surface area (Å²) in [5.41, 5.74) is 2.70. The molecule has 32 heavy (non-hydrogen) atoms. The van der Waals surface area contributed by atoms with Crippen LogP contribution in [0.4, 0.5) is 15.2 Å². The van der Waals surface area contributed by atoms with E-state index in [1.54, 1.807) is 23.5 Å². The summed E-state index contributed by atoms with van der Waals surface area (Å²) in [5, 5.41) is 4.11. The molecule has 1 N–H and O–H groups in total. The second kappa shape index (κ2) is 9.52. The predicted molar refractivity (Wildman–Crippen MR) is 126 cm³/mol. The Hall–Kier alpha value is -2.55. The largest absolute Gasteiger partial charge is 0.378 e. The van der Waals surface area contributed by atoms with Gasteiger partial charge in [0.1, 0.15) is 5.82 Å². The minimum absolute atomic E-state index is 0.0474. The molecule has 0 saturated carbocycles. The third-order valence-corrected chi connectivity index (χ3v) is 7.18. The van der Waals surface area contributed by atoms with Crippen molar-refractivity contribution in [1.29, 1.82) is 0 Å². The summed E-state index contributed by atoms with van der Waals surface area (Å²) in [6, 6.07) is 12.6. The Morgan fingerprint density at radius 3 is 2.91 bits per heavy atom. The lowest BCUT2D eigenvalue weighted by Crippen LogP contribution is -2.40. The first-order chi connectivity index (χ1) is 15.6. The summed E-state index contributed by atoms with van der Waals surface area (Å²) >= 11 is 1.65. The molecule has 1 unspecified atom stereocenters. The number of benzene rings is 2. The number of nitrogens with zero attached hydrogens (tertiary/aromatic N) is 3. The number of amides is 1. The van der Waals surface area contributed by atoms with Crippen LogP contribution in [0.5, 0.6) is 0 Å². The van der Waals surface area contributed by atoms with Crippen LogP contribution in [0.3, 0.4) is 0 Å². The number of rotatable bonds is 5. The highest BCUT2D eigenvalue weighted by Crippen LogP contribution is 2.31. The number of hydrogen-bond donors (Lipinski definition) is 1. The average molecular weight is 455 g/mol. The maximum absolute atomic E-state index is 13.5. The Morgan fingerprint density at radius 1 is 1.19 bits per heavy atom. The van der Waals surface area contributed by atoms with E-state index in [0.29, 0.717) is 13.1 Å². The number of carbonyl (C=O) groups excluding carboxylic acids is 1. The third kappa shape index (κ3) is 4.92. The van der Waals surface area contributed by atoms with Crippen molar-refractivity contribution in [3.05, 3.63) is 53.8 Å². The number of halogens is 1. The first-order valence-electron chi connectivity index (χ1n) is 11.1. The molecule has 1 aromatic heterocycles. The highest BCUT2D eigenvalue weighted by atomic mass is 32.1. The number of carbonyl (C=O) groups is 1. The lowest BCUT2D eigenvalue weighted by atomic mass is 9.96. The standard InChI is InChI=1S/C24H27FN4O2S/c25-19-5-1-3-17(13-19)15-28-8-2-4-18(16-28)23(30)26-20-6-7-21-22(14-20)32-24(27-21)29-9-11-31-12-10-29/h1,3,5-7,13-14,18H,2,4,8-12,15-16H2,(H,26,30). The van der Waals surface area contributed by atoms with Gasteiger partial charge in [-0.2, -0.15) is 0 Å². The van der Waals surface area contributed by atoms with Crippen LogP contribution in [-0.4, -0.2) is 55.2 Å². The van der Waals surface area contributed by atoms with Gasteiger partial charge in [-0.3, -0.25) is 9.69 Å². The van der Waals surface area contributed by atoms with Crippen molar-refractivity contribution in [2.75, 3.05) is 49.6 Å². The van der Waals surface area contributed by atoms with E-state index in [4.69, 9.17) is 9.72 Å². The molecule has 0 radical (unpaired) electrons. The van der Waals surface area contributed by atoms with Gasteiger partial charge >= 0.3 is 0 Å². The fourth-order valence-corrected chi connectivity index (χ4v) is 5.49. The van der Waals surface area contributed by atoms with Crippen molar-refractivity contribution >= 4 is 38.3 Å². The fourth-order valence-electron chi connectivity index (χ4n) is 4.43. The zero-order valence-corrected chi connectivity index (χ0v) is 18.7. The van der Waals surface area contributed by atoms with Gasteiger partial charge in [0.25, 0.3) is 0 Å². The van der Waals surface area contributed by atoms with Crippen LogP contribution in [0.2, 0.25) is 0 Å². The fraction of sp³-hybridized carbons (Fsp3) is 0.417. The molecule has 1 amide bonds. The molecular formula is C24H27FN4O2S. The van der Waals surface area contributed by atoms with Crippen LogP contribution in [0.25, 0.3) is 10.2 Å². The molecule has 8 heteroatoms. The number of aromatic nitrogens is 1. The van der Waals surface area contributed by atoms with E-state index in [1.807, 2.05) is 24.3 Å². The second-order valence-corrected chi connectivity index (χ2v) is 9.48. The van der Waals surface area contributed by atoms with Gasteiger partial charge in [-0.1, -0.05) is 23.5 Å². The number of hydrogen-bond acceptors (Lipinski definition) is 6. The Balaban J connectivity index is 1.22. The number of fused-ring (bicyclic) bond motifs is 1. The average Bonchev–Trinajstić information content (AvgIpc) is 3.23. The smallest absolute Gasteiger partial charge is 0.228 e. The highest BCUT2D eigenvalue weighted by Gasteiger charge is 2.26. The van der Waals surface area contributed by atoms with Gasteiger partial charge in [0.05, 0.1) is 29.3 Å². The number of ether oxygens (including phenoxy) is 1. The molecule has 0 spiro atoms. The molecule has 2 aliphatic heterocycles. The van der Waals surface area contributed by atoms with Gasteiger partial charge in [-0.15, -0.1) is 0 Å². The number of morpholine rings is 1. The summed E-state index contributed by atoms with van der Waals surface area (Å²) in [4.78, 5) is 22.2. The van der Waals surface area contributed by atoms with Crippen LogP contribution in [0, 0.1) is 11.7 Å². The molecule has 2 aliphatic rings. The van der Waals surface area contributed by atoms with Gasteiger partial charge in [0, 0.05) is 31.9 Å². The molecule has 2 aromatic carbocycles. The number of thiazole rings is 1. The normalized spacial score (nSPS) is 19.9. The minimum atomic E-state index is -0.218. The van der Waals surface area contributed by atoms with Crippen molar-refractivity contribution in [3.8, 4) is 0 Å². The topological polar surface area (TPSA) is 57.7 Å². The van der Waals surface area contributed by atoms with Gasteiger partial charge in [0.2, 0.25) is 5.91 Å². The quantitative estimate of drug-likeness (QED) is 0.629. The van der Waals surface area contributed by atoms with Crippen LogP contribution < -0.4 is 10.2 Å². The van der Waals surface area contributed by atoms with E-state index in [2.05, 4.69) is 15.1 Å². The van der Waals surface area contributed by atoms with E-state index in [9.17, 15) is 9.18 Å². The zero-order chi connectivity index (χ0) is 21.9. The first-order valence-corrected chi connectivity index (χ1v) is 12.0. The Bertz CT molecular complexity index is 1100. The number of piperidine rings is 1. The molecule has 2 saturated heterocycles. The number of anilines is 2. The Morgan fingerprint density at radius 2 is 2.06 bits per heavy atom. The monoisotopic (exact) mass is 454 g/mol. The van der Waals surface area contributed by atoms with E-state index < -0.39 is 0 Å². The Labute approximate surface area is 191 Å². The lowest BCUT2D eigenvalue weighted by molar-refractivity contribution is -0.121. The van der Waals surface area contributed by atoms with Crippen molar-refractivity contribution in [2.45, 2.75) is 19.4 Å². The summed E-state index contributed by atoms with van der Waals surface area (Å²) in [5.74, 6) is -0.242. The molecule has 1 atom stereocenters. The van der Waals surface area contributed by atoms with Gasteiger partial charge in [0.15, 0.2) is 5.13 Å². The maximum atomic E-state index is 13.5. The number of likely N-dealkylation sites (tertiary alicyclic amines) is 1. The second-order valence-electron chi connectivity index (χ2n) is 8.47. The summed E-state index contributed by atoms with van der Waals surface area (Å²) in [6.07, 6.45) is 1.83. The van der Waals surface area contributed by atoms with E-state index >= 15 is 0 Å². The van der Waals surface area contributed by atoms with Crippen LogP contribution in [0.1, 0.15) is 18.4 Å². The lowest BCUT2D eigenvalue weighted by Gasteiger charge is -2.32. The maximum Gasteiger partial charge on any atom is 0.228 e. The van der Waals surface area contributed by atoms with Crippen molar-refractivity contribution < 1.29 is 13.9 Å². The molecule has 2 fully saturated rings. The summed E-state index contributed by atoms with van der Waals surface area (Å²) in [7, 11) is 0. The van der Waals surface area contributed by atoms with Gasteiger partial charge < -0.3 is 15.0 Å². The van der Waals surface area contributed by atoms with Crippen LogP contribution >= 0.6 is 11.3 Å². The molecule has 3 aromatic rings.